The number of hydrogen-bond acceptors (Lipinski definition) is 5. The van der Waals surface area contributed by atoms with Crippen LogP contribution in [0.4, 0.5) is 15.8 Å². The van der Waals surface area contributed by atoms with Crippen LogP contribution in [0, 0.1) is 10.7 Å². The summed E-state index contributed by atoms with van der Waals surface area (Å²) < 4.78 is 19.3. The lowest BCUT2D eigenvalue weighted by atomic mass is 10.1. The van der Waals surface area contributed by atoms with Crippen LogP contribution in [0.3, 0.4) is 0 Å². The van der Waals surface area contributed by atoms with Gasteiger partial charge in [0.25, 0.3) is 4.92 Å². The van der Waals surface area contributed by atoms with Crippen molar-refractivity contribution in [2.75, 3.05) is 38.3 Å². The molecule has 7 heteroatoms. The zero-order chi connectivity index (χ0) is 13.8. The summed E-state index contributed by atoms with van der Waals surface area (Å²) in [6, 6.07) is 2.35. The molecular weight excluding hydrogens is 255 g/mol. The molecule has 0 saturated carbocycles. The number of ether oxygens (including phenoxy) is 1. The average molecular weight is 269 g/mol. The van der Waals surface area contributed by atoms with Gasteiger partial charge < -0.3 is 9.64 Å². The van der Waals surface area contributed by atoms with Crippen molar-refractivity contribution in [2.24, 2.45) is 0 Å². The van der Waals surface area contributed by atoms with Crippen molar-refractivity contribution in [3.63, 3.8) is 0 Å². The smallest absolute Gasteiger partial charge is 0.320 e. The first-order valence-corrected chi connectivity index (χ1v) is 5.80. The van der Waals surface area contributed by atoms with Crippen LogP contribution in [0.1, 0.15) is 10.4 Å². The Labute approximate surface area is 109 Å². The normalized spacial score (nSPS) is 15.2. The quantitative estimate of drug-likeness (QED) is 0.611. The molecule has 1 fully saturated rings. The third-order valence-corrected chi connectivity index (χ3v) is 2.91. The Balaban J connectivity index is 2.42. The van der Waals surface area contributed by atoms with E-state index in [1.165, 1.54) is 13.2 Å². The second kappa shape index (κ2) is 5.75. The van der Waals surface area contributed by atoms with E-state index in [1.54, 1.807) is 4.90 Å². The molecule has 0 N–H and O–H groups in total. The van der Waals surface area contributed by atoms with Gasteiger partial charge in [0, 0.05) is 24.7 Å². The van der Waals surface area contributed by atoms with Crippen LogP contribution >= 0.6 is 0 Å². The van der Waals surface area contributed by atoms with E-state index in [9.17, 15) is 14.1 Å². The standard InChI is InChI=1S/C12H14FN2O4/c1-18-15(17)10-6-9(8-16)12(11(13)7-10)14-2-4-19-5-3-14/h6-8H,2-5H2,1H3/q+1. The van der Waals surface area contributed by atoms with Crippen molar-refractivity contribution in [1.82, 2.24) is 0 Å². The molecule has 1 aromatic rings. The van der Waals surface area contributed by atoms with Crippen molar-refractivity contribution in [2.45, 2.75) is 0 Å². The lowest BCUT2D eigenvalue weighted by Crippen LogP contribution is -2.37. The number of halogens is 1. The minimum absolute atomic E-state index is 0.0564. The molecule has 2 rings (SSSR count). The van der Waals surface area contributed by atoms with Gasteiger partial charge in [-0.1, -0.05) is 0 Å². The van der Waals surface area contributed by atoms with E-state index in [1.807, 2.05) is 0 Å². The van der Waals surface area contributed by atoms with Gasteiger partial charge >= 0.3 is 5.69 Å². The van der Waals surface area contributed by atoms with Gasteiger partial charge in [-0.15, -0.1) is 0 Å². The molecule has 0 unspecified atom stereocenters. The molecule has 0 aliphatic carbocycles. The number of morpholine rings is 1. The number of rotatable bonds is 4. The van der Waals surface area contributed by atoms with Crippen LogP contribution in [0.15, 0.2) is 12.1 Å². The maximum absolute atomic E-state index is 14.1. The summed E-state index contributed by atoms with van der Waals surface area (Å²) in [5.74, 6) is -0.626. The van der Waals surface area contributed by atoms with Gasteiger partial charge in [0.1, 0.15) is 0 Å². The zero-order valence-electron chi connectivity index (χ0n) is 10.5. The number of aldehydes is 1. The lowest BCUT2D eigenvalue weighted by molar-refractivity contribution is -0.736. The molecule has 102 valence electrons. The highest BCUT2D eigenvalue weighted by Crippen LogP contribution is 2.29. The van der Waals surface area contributed by atoms with Gasteiger partial charge in [0.05, 0.1) is 29.9 Å². The number of carbonyl (C=O) groups excluding carboxylic acids is 1. The summed E-state index contributed by atoms with van der Waals surface area (Å²) in [5.41, 5.74) is 0.264. The lowest BCUT2D eigenvalue weighted by Gasteiger charge is -2.29. The largest absolute Gasteiger partial charge is 0.378 e. The number of anilines is 1. The minimum Gasteiger partial charge on any atom is -0.378 e. The molecule has 1 aliphatic rings. The Morgan fingerprint density at radius 2 is 2.11 bits per heavy atom. The summed E-state index contributed by atoms with van der Waals surface area (Å²) in [4.78, 5) is 28.7. The molecule has 0 amide bonds. The van der Waals surface area contributed by atoms with E-state index < -0.39 is 5.82 Å². The highest BCUT2D eigenvalue weighted by Gasteiger charge is 2.25. The van der Waals surface area contributed by atoms with Crippen molar-refractivity contribution >= 4 is 17.7 Å². The van der Waals surface area contributed by atoms with Crippen molar-refractivity contribution in [3.05, 3.63) is 28.4 Å². The Bertz CT molecular complexity index is 501. The first-order valence-electron chi connectivity index (χ1n) is 5.80. The van der Waals surface area contributed by atoms with Crippen molar-refractivity contribution in [1.29, 1.82) is 0 Å². The molecule has 0 bridgehead atoms. The van der Waals surface area contributed by atoms with E-state index in [0.717, 1.165) is 6.07 Å². The number of hydrogen-bond donors (Lipinski definition) is 0. The van der Waals surface area contributed by atoms with Crippen LogP contribution in [0.25, 0.3) is 0 Å². The molecule has 6 nitrogen and oxygen atoms in total. The summed E-state index contributed by atoms with van der Waals surface area (Å²) in [5, 5.41) is 0. The van der Waals surface area contributed by atoms with Crippen LogP contribution in [0.2, 0.25) is 0 Å². The first-order chi connectivity index (χ1) is 9.17. The zero-order valence-corrected chi connectivity index (χ0v) is 10.5. The van der Waals surface area contributed by atoms with Gasteiger partial charge in [-0.05, 0) is 0 Å². The second-order valence-corrected chi connectivity index (χ2v) is 4.02. The predicted octanol–water partition coefficient (Wildman–Crippen LogP) is 1.45. The Hall–Kier alpha value is -2.02. The SMILES string of the molecule is CO[N+](=O)c1cc(F)c(N2CCOCC2)c(C=O)c1. The first kappa shape index (κ1) is 13.4. The molecule has 0 aromatic heterocycles. The summed E-state index contributed by atoms with van der Waals surface area (Å²) >= 11 is 0. The van der Waals surface area contributed by atoms with Crippen molar-refractivity contribution < 1.29 is 23.7 Å². The fourth-order valence-corrected chi connectivity index (χ4v) is 2.03. The van der Waals surface area contributed by atoms with E-state index in [2.05, 4.69) is 4.84 Å². The third kappa shape index (κ3) is 2.70. The third-order valence-electron chi connectivity index (χ3n) is 2.91. The second-order valence-electron chi connectivity index (χ2n) is 4.02. The summed E-state index contributed by atoms with van der Waals surface area (Å²) in [6.07, 6.45) is 0.529. The maximum Gasteiger partial charge on any atom is 0.320 e. The summed E-state index contributed by atoms with van der Waals surface area (Å²) in [6.45, 7) is 1.96. The molecule has 1 saturated heterocycles. The Morgan fingerprint density at radius 1 is 1.42 bits per heavy atom. The van der Waals surface area contributed by atoms with Crippen LogP contribution in [-0.4, -0.2) is 44.6 Å². The highest BCUT2D eigenvalue weighted by atomic mass is 19.1. The predicted molar refractivity (Wildman–Crippen MR) is 65.1 cm³/mol. The van der Waals surface area contributed by atoms with E-state index in [-0.39, 0.29) is 21.9 Å². The topological polar surface area (TPSA) is 58.9 Å². The molecule has 1 aromatic carbocycles. The molecular formula is C12H14FN2O4+. The Morgan fingerprint density at radius 3 is 2.68 bits per heavy atom. The van der Waals surface area contributed by atoms with Crippen LogP contribution in [0.5, 0.6) is 0 Å². The van der Waals surface area contributed by atoms with Crippen LogP contribution in [-0.2, 0) is 9.57 Å². The maximum atomic E-state index is 14.1. The van der Waals surface area contributed by atoms with E-state index in [4.69, 9.17) is 4.74 Å². The number of nitrogens with zero attached hydrogens (tertiary/aromatic N) is 2. The fraction of sp³-hybridized carbons (Fsp3) is 0.417. The van der Waals surface area contributed by atoms with Crippen LogP contribution < -0.4 is 4.90 Å². The molecule has 19 heavy (non-hydrogen) atoms. The number of carbonyl (C=O) groups is 1. The average Bonchev–Trinajstić information content (AvgIpc) is 2.46. The van der Waals surface area contributed by atoms with E-state index in [0.29, 0.717) is 32.6 Å². The van der Waals surface area contributed by atoms with Gasteiger partial charge in [0.15, 0.2) is 19.2 Å². The molecule has 0 spiro atoms. The van der Waals surface area contributed by atoms with Gasteiger partial charge in [-0.25, -0.2) is 9.23 Å². The Kier molecular flexibility index (Phi) is 4.06. The minimum atomic E-state index is -0.626. The highest BCUT2D eigenvalue weighted by molar-refractivity contribution is 5.86. The fourth-order valence-electron chi connectivity index (χ4n) is 2.03. The molecule has 0 radical (unpaired) electrons. The van der Waals surface area contributed by atoms with E-state index >= 15 is 0 Å². The van der Waals surface area contributed by atoms with Gasteiger partial charge in [-0.2, -0.15) is 0 Å². The van der Waals surface area contributed by atoms with Crippen molar-refractivity contribution in [3.8, 4) is 0 Å². The summed E-state index contributed by atoms with van der Waals surface area (Å²) in [7, 11) is 1.17. The molecule has 1 aliphatic heterocycles. The monoisotopic (exact) mass is 269 g/mol. The molecule has 0 atom stereocenters. The number of benzene rings is 1. The molecule has 1 heterocycles. The van der Waals surface area contributed by atoms with Gasteiger partial charge in [0.2, 0.25) is 0 Å². The van der Waals surface area contributed by atoms with Gasteiger partial charge in [-0.3, -0.25) is 4.79 Å².